The summed E-state index contributed by atoms with van der Waals surface area (Å²) < 4.78 is 10.6. The summed E-state index contributed by atoms with van der Waals surface area (Å²) in [5.74, 6) is 1.50. The molecule has 6 nitrogen and oxygen atoms in total. The minimum Gasteiger partial charge on any atom is -0.497 e. The number of amides is 2. The van der Waals surface area contributed by atoms with Gasteiger partial charge in [0, 0.05) is 37.9 Å². The highest BCUT2D eigenvalue weighted by molar-refractivity contribution is 5.91. The van der Waals surface area contributed by atoms with Crippen molar-refractivity contribution in [1.29, 1.82) is 0 Å². The Hall–Kier alpha value is -2.89. The van der Waals surface area contributed by atoms with Crippen molar-refractivity contribution in [3.63, 3.8) is 0 Å². The van der Waals surface area contributed by atoms with Crippen molar-refractivity contribution >= 4 is 17.4 Å². The van der Waals surface area contributed by atoms with Gasteiger partial charge in [0.1, 0.15) is 11.5 Å². The van der Waals surface area contributed by atoms with Crippen molar-refractivity contribution < 1.29 is 14.3 Å². The van der Waals surface area contributed by atoms with Gasteiger partial charge in [-0.05, 0) is 24.3 Å². The Balaban J connectivity index is 1.59. The van der Waals surface area contributed by atoms with Crippen LogP contribution in [0.25, 0.3) is 0 Å². The first-order chi connectivity index (χ1) is 12.2. The number of anilines is 2. The molecule has 0 aromatic heterocycles. The van der Waals surface area contributed by atoms with E-state index in [2.05, 4.69) is 16.3 Å². The quantitative estimate of drug-likeness (QED) is 0.929. The number of hydrogen-bond acceptors (Lipinski definition) is 4. The monoisotopic (exact) mass is 341 g/mol. The van der Waals surface area contributed by atoms with Gasteiger partial charge in [-0.2, -0.15) is 0 Å². The number of piperazine rings is 1. The van der Waals surface area contributed by atoms with Crippen LogP contribution >= 0.6 is 0 Å². The zero-order valence-electron chi connectivity index (χ0n) is 14.6. The summed E-state index contributed by atoms with van der Waals surface area (Å²) in [5, 5.41) is 2.93. The van der Waals surface area contributed by atoms with Gasteiger partial charge in [-0.3, -0.25) is 0 Å². The molecule has 1 saturated heterocycles. The molecule has 0 spiro atoms. The number of nitrogens with zero attached hydrogens (tertiary/aromatic N) is 2. The molecule has 2 aromatic carbocycles. The molecule has 25 heavy (non-hydrogen) atoms. The van der Waals surface area contributed by atoms with E-state index in [0.29, 0.717) is 24.5 Å². The molecule has 3 rings (SSSR count). The first-order valence-electron chi connectivity index (χ1n) is 8.29. The minimum absolute atomic E-state index is 0.102. The highest BCUT2D eigenvalue weighted by atomic mass is 16.5. The summed E-state index contributed by atoms with van der Waals surface area (Å²) in [5.41, 5.74) is 1.80. The van der Waals surface area contributed by atoms with E-state index in [0.717, 1.165) is 24.5 Å². The Morgan fingerprint density at radius 2 is 1.72 bits per heavy atom. The second kappa shape index (κ2) is 7.79. The van der Waals surface area contributed by atoms with E-state index in [1.54, 1.807) is 14.2 Å². The molecular weight excluding hydrogens is 318 g/mol. The fraction of sp³-hybridized carbons (Fsp3) is 0.316. The van der Waals surface area contributed by atoms with Crippen LogP contribution in [0, 0.1) is 0 Å². The van der Waals surface area contributed by atoms with Crippen LogP contribution in [-0.2, 0) is 0 Å². The molecule has 132 valence electrons. The highest BCUT2D eigenvalue weighted by Crippen LogP contribution is 2.24. The van der Waals surface area contributed by atoms with E-state index < -0.39 is 0 Å². The SMILES string of the molecule is COc1cccc(N2CCN(C(=O)Nc3ccccc3OC)CC2)c1. The molecule has 0 bridgehead atoms. The third-order valence-corrected chi connectivity index (χ3v) is 4.33. The molecule has 0 atom stereocenters. The van der Waals surface area contributed by atoms with Gasteiger partial charge >= 0.3 is 6.03 Å². The summed E-state index contributed by atoms with van der Waals surface area (Å²) >= 11 is 0. The predicted octanol–water partition coefficient (Wildman–Crippen LogP) is 3.06. The standard InChI is InChI=1S/C19H23N3O3/c1-24-16-7-5-6-15(14-16)21-10-12-22(13-11-21)19(23)20-17-8-3-4-9-18(17)25-2/h3-9,14H,10-13H2,1-2H3,(H,20,23). The molecule has 2 aromatic rings. The van der Waals surface area contributed by atoms with Gasteiger partial charge in [-0.15, -0.1) is 0 Å². The van der Waals surface area contributed by atoms with Gasteiger partial charge in [0.15, 0.2) is 0 Å². The zero-order chi connectivity index (χ0) is 17.6. The lowest BCUT2D eigenvalue weighted by atomic mass is 10.2. The molecule has 0 aliphatic carbocycles. The topological polar surface area (TPSA) is 54.0 Å². The first-order valence-corrected chi connectivity index (χ1v) is 8.29. The molecule has 1 N–H and O–H groups in total. The number of para-hydroxylation sites is 2. The number of rotatable bonds is 4. The van der Waals surface area contributed by atoms with E-state index in [-0.39, 0.29) is 6.03 Å². The van der Waals surface area contributed by atoms with Gasteiger partial charge in [-0.25, -0.2) is 4.79 Å². The van der Waals surface area contributed by atoms with E-state index in [1.165, 1.54) is 0 Å². The zero-order valence-corrected chi connectivity index (χ0v) is 14.6. The maximum Gasteiger partial charge on any atom is 0.322 e. The lowest BCUT2D eigenvalue weighted by molar-refractivity contribution is 0.208. The van der Waals surface area contributed by atoms with Crippen LogP contribution < -0.4 is 19.7 Å². The lowest BCUT2D eigenvalue weighted by Crippen LogP contribution is -2.50. The number of nitrogens with one attached hydrogen (secondary N) is 1. The van der Waals surface area contributed by atoms with Gasteiger partial charge in [-0.1, -0.05) is 18.2 Å². The number of carbonyl (C=O) groups is 1. The Morgan fingerprint density at radius 1 is 0.960 bits per heavy atom. The third-order valence-electron chi connectivity index (χ3n) is 4.33. The number of benzene rings is 2. The van der Waals surface area contributed by atoms with Gasteiger partial charge < -0.3 is 24.6 Å². The number of ether oxygens (including phenoxy) is 2. The van der Waals surface area contributed by atoms with Crippen molar-refractivity contribution in [1.82, 2.24) is 4.90 Å². The van der Waals surface area contributed by atoms with Gasteiger partial charge in [0.05, 0.1) is 19.9 Å². The van der Waals surface area contributed by atoms with Crippen molar-refractivity contribution in [2.75, 3.05) is 50.6 Å². The maximum absolute atomic E-state index is 12.5. The third kappa shape index (κ3) is 3.96. The molecular formula is C19H23N3O3. The van der Waals surface area contributed by atoms with Crippen molar-refractivity contribution in [3.8, 4) is 11.5 Å². The normalized spacial score (nSPS) is 14.2. The van der Waals surface area contributed by atoms with Crippen LogP contribution in [0.4, 0.5) is 16.2 Å². The lowest BCUT2D eigenvalue weighted by Gasteiger charge is -2.36. The van der Waals surface area contributed by atoms with Crippen LogP contribution in [0.2, 0.25) is 0 Å². The fourth-order valence-corrected chi connectivity index (χ4v) is 2.92. The number of hydrogen-bond donors (Lipinski definition) is 1. The summed E-state index contributed by atoms with van der Waals surface area (Å²) in [6.45, 7) is 2.90. The second-order valence-electron chi connectivity index (χ2n) is 5.81. The first kappa shape index (κ1) is 17.0. The summed E-state index contributed by atoms with van der Waals surface area (Å²) in [6.07, 6.45) is 0. The maximum atomic E-state index is 12.5. The van der Waals surface area contributed by atoms with E-state index >= 15 is 0 Å². The molecule has 1 aliphatic rings. The molecule has 1 fully saturated rings. The minimum atomic E-state index is -0.102. The fourth-order valence-electron chi connectivity index (χ4n) is 2.92. The Labute approximate surface area is 147 Å². The number of carbonyl (C=O) groups excluding carboxylic acids is 1. The molecule has 1 aliphatic heterocycles. The van der Waals surface area contributed by atoms with Crippen molar-refractivity contribution in [2.45, 2.75) is 0 Å². The highest BCUT2D eigenvalue weighted by Gasteiger charge is 2.22. The molecule has 1 heterocycles. The van der Waals surface area contributed by atoms with E-state index in [4.69, 9.17) is 9.47 Å². The van der Waals surface area contributed by atoms with Crippen molar-refractivity contribution in [2.24, 2.45) is 0 Å². The average Bonchev–Trinajstić information content (AvgIpc) is 2.68. The van der Waals surface area contributed by atoms with Crippen LogP contribution in [0.3, 0.4) is 0 Å². The Kier molecular flexibility index (Phi) is 5.28. The second-order valence-corrected chi connectivity index (χ2v) is 5.81. The molecule has 0 radical (unpaired) electrons. The van der Waals surface area contributed by atoms with Crippen LogP contribution in [0.15, 0.2) is 48.5 Å². The van der Waals surface area contributed by atoms with E-state index in [9.17, 15) is 4.79 Å². The molecule has 6 heteroatoms. The Morgan fingerprint density at radius 3 is 2.44 bits per heavy atom. The van der Waals surface area contributed by atoms with Crippen LogP contribution in [-0.4, -0.2) is 51.3 Å². The van der Waals surface area contributed by atoms with Crippen LogP contribution in [0.5, 0.6) is 11.5 Å². The summed E-state index contributed by atoms with van der Waals surface area (Å²) in [4.78, 5) is 16.6. The molecule has 0 saturated carbocycles. The smallest absolute Gasteiger partial charge is 0.322 e. The van der Waals surface area contributed by atoms with Gasteiger partial charge in [0.2, 0.25) is 0 Å². The summed E-state index contributed by atoms with van der Waals surface area (Å²) in [7, 11) is 3.26. The van der Waals surface area contributed by atoms with E-state index in [1.807, 2.05) is 47.4 Å². The Bertz CT molecular complexity index is 727. The predicted molar refractivity (Wildman–Crippen MR) is 98.8 cm³/mol. The van der Waals surface area contributed by atoms with Crippen LogP contribution in [0.1, 0.15) is 0 Å². The summed E-state index contributed by atoms with van der Waals surface area (Å²) in [6, 6.07) is 15.3. The average molecular weight is 341 g/mol. The number of urea groups is 1. The van der Waals surface area contributed by atoms with Crippen molar-refractivity contribution in [3.05, 3.63) is 48.5 Å². The van der Waals surface area contributed by atoms with Gasteiger partial charge in [0.25, 0.3) is 0 Å². The molecule has 0 unspecified atom stereocenters. The number of methoxy groups -OCH3 is 2. The largest absolute Gasteiger partial charge is 0.497 e. The molecule has 2 amide bonds.